The minimum atomic E-state index is -0.525. The highest BCUT2D eigenvalue weighted by molar-refractivity contribution is 6.06. The molecule has 4 heterocycles. The van der Waals surface area contributed by atoms with Gasteiger partial charge in [0, 0.05) is 36.0 Å². The molecule has 2 aromatic heterocycles. The molecule has 198 valence electrons. The third kappa shape index (κ3) is 4.36. The van der Waals surface area contributed by atoms with Crippen LogP contribution in [0.2, 0.25) is 0 Å². The standard InChI is InChI=1S/C28H30FN5O4/c1-5-22(35)34-16(13-28(34,2)3)15-38-21-14-30-11-9-17(21)24-25(23-19(32-24)10-12-31-27(23)36)33-20-8-6-7-18(29)26(20)37-4/h5-9,11,14,16,32-33H,1,10,12-13,15H2,2-4H3,(H,31,36)/t16-/m1/s1. The number of hydrogen-bond donors (Lipinski definition) is 3. The summed E-state index contributed by atoms with van der Waals surface area (Å²) in [5.41, 5.74) is 3.05. The van der Waals surface area contributed by atoms with Gasteiger partial charge in [0.15, 0.2) is 11.6 Å². The van der Waals surface area contributed by atoms with E-state index in [4.69, 9.17) is 9.47 Å². The van der Waals surface area contributed by atoms with Crippen LogP contribution in [-0.4, -0.2) is 58.5 Å². The number of rotatable bonds is 8. The quantitative estimate of drug-likeness (QED) is 0.385. The zero-order chi connectivity index (χ0) is 27.0. The Morgan fingerprint density at radius 1 is 1.37 bits per heavy atom. The second-order valence-corrected chi connectivity index (χ2v) is 9.95. The van der Waals surface area contributed by atoms with E-state index in [1.807, 2.05) is 13.8 Å². The number of nitrogens with one attached hydrogen (secondary N) is 3. The van der Waals surface area contributed by atoms with Crippen molar-refractivity contribution in [3.05, 3.63) is 66.4 Å². The lowest BCUT2D eigenvalue weighted by Gasteiger charge is -2.54. The van der Waals surface area contributed by atoms with E-state index in [9.17, 15) is 14.0 Å². The Morgan fingerprint density at radius 2 is 2.18 bits per heavy atom. The number of H-pyrrole nitrogens is 1. The number of hydrogen-bond acceptors (Lipinski definition) is 6. The first kappa shape index (κ1) is 25.3. The third-order valence-corrected chi connectivity index (χ3v) is 7.05. The number of halogens is 1. The molecule has 1 saturated heterocycles. The summed E-state index contributed by atoms with van der Waals surface area (Å²) in [6, 6.07) is 6.23. The number of nitrogens with zero attached hydrogens (tertiary/aromatic N) is 2. The second kappa shape index (κ2) is 9.85. The van der Waals surface area contributed by atoms with Crippen LogP contribution in [0.4, 0.5) is 15.8 Å². The molecule has 3 aromatic rings. The SMILES string of the molecule is C=CC(=O)N1[C@@H](COc2cnccc2-c2[nH]c3c(c2Nc2cccc(F)c2OC)C(=O)NCC3)CC1(C)C. The van der Waals surface area contributed by atoms with E-state index in [1.54, 1.807) is 35.5 Å². The first-order valence-electron chi connectivity index (χ1n) is 12.4. The highest BCUT2D eigenvalue weighted by Crippen LogP contribution is 2.43. The van der Waals surface area contributed by atoms with Gasteiger partial charge in [-0.1, -0.05) is 12.6 Å². The van der Waals surface area contributed by atoms with E-state index < -0.39 is 5.82 Å². The molecule has 0 bridgehead atoms. The van der Waals surface area contributed by atoms with Crippen molar-refractivity contribution in [3.8, 4) is 22.8 Å². The Labute approximate surface area is 220 Å². The van der Waals surface area contributed by atoms with Crippen LogP contribution < -0.4 is 20.1 Å². The van der Waals surface area contributed by atoms with Crippen molar-refractivity contribution in [1.82, 2.24) is 20.2 Å². The van der Waals surface area contributed by atoms with Gasteiger partial charge in [0.2, 0.25) is 5.91 Å². The number of pyridine rings is 1. The van der Waals surface area contributed by atoms with Gasteiger partial charge in [-0.05, 0) is 44.5 Å². The normalized spacial score (nSPS) is 17.6. The summed E-state index contributed by atoms with van der Waals surface area (Å²) in [6.45, 7) is 8.40. The molecule has 1 fully saturated rings. The van der Waals surface area contributed by atoms with Gasteiger partial charge in [0.25, 0.3) is 5.91 Å². The smallest absolute Gasteiger partial charge is 0.255 e. The Bertz CT molecular complexity index is 1420. The van der Waals surface area contributed by atoms with Crippen LogP contribution in [0.1, 0.15) is 36.3 Å². The summed E-state index contributed by atoms with van der Waals surface area (Å²) in [6.07, 6.45) is 5.94. The molecular weight excluding hydrogens is 489 g/mol. The fraction of sp³-hybridized carbons (Fsp3) is 0.321. The summed E-state index contributed by atoms with van der Waals surface area (Å²) < 4.78 is 26.0. The number of ether oxygens (including phenoxy) is 2. The largest absolute Gasteiger partial charge is 0.492 e. The van der Waals surface area contributed by atoms with Crippen LogP contribution >= 0.6 is 0 Å². The molecule has 0 saturated carbocycles. The predicted molar refractivity (Wildman–Crippen MR) is 141 cm³/mol. The molecule has 0 aliphatic carbocycles. The van der Waals surface area contributed by atoms with Gasteiger partial charge in [0.05, 0.1) is 42.0 Å². The number of benzene rings is 1. The maximum Gasteiger partial charge on any atom is 0.255 e. The second-order valence-electron chi connectivity index (χ2n) is 9.95. The number of anilines is 2. The lowest BCUT2D eigenvalue weighted by Crippen LogP contribution is -2.66. The minimum Gasteiger partial charge on any atom is -0.492 e. The monoisotopic (exact) mass is 519 g/mol. The van der Waals surface area contributed by atoms with E-state index in [-0.39, 0.29) is 35.8 Å². The maximum atomic E-state index is 14.5. The van der Waals surface area contributed by atoms with E-state index in [0.29, 0.717) is 46.9 Å². The molecule has 2 amide bonds. The molecular formula is C28H30FN5O4. The van der Waals surface area contributed by atoms with Gasteiger partial charge in [-0.3, -0.25) is 14.6 Å². The van der Waals surface area contributed by atoms with Crippen LogP contribution in [-0.2, 0) is 11.2 Å². The van der Waals surface area contributed by atoms with Crippen molar-refractivity contribution in [2.45, 2.75) is 38.3 Å². The molecule has 1 atom stereocenters. The van der Waals surface area contributed by atoms with E-state index in [0.717, 1.165) is 12.1 Å². The van der Waals surface area contributed by atoms with Gasteiger partial charge < -0.3 is 30.0 Å². The summed E-state index contributed by atoms with van der Waals surface area (Å²) >= 11 is 0. The molecule has 10 heteroatoms. The van der Waals surface area contributed by atoms with Crippen LogP contribution in [0.3, 0.4) is 0 Å². The number of methoxy groups -OCH3 is 1. The molecule has 0 spiro atoms. The Morgan fingerprint density at radius 3 is 2.92 bits per heavy atom. The fourth-order valence-electron chi connectivity index (χ4n) is 5.40. The first-order valence-corrected chi connectivity index (χ1v) is 12.4. The zero-order valence-corrected chi connectivity index (χ0v) is 21.6. The van der Waals surface area contributed by atoms with Crippen LogP contribution in [0.15, 0.2) is 49.3 Å². The summed E-state index contributed by atoms with van der Waals surface area (Å²) in [7, 11) is 1.39. The molecule has 9 nitrogen and oxygen atoms in total. The molecule has 0 radical (unpaired) electrons. The lowest BCUT2D eigenvalue weighted by molar-refractivity contribution is -0.150. The topological polar surface area (TPSA) is 109 Å². The fourth-order valence-corrected chi connectivity index (χ4v) is 5.40. The van der Waals surface area contributed by atoms with Gasteiger partial charge in [0.1, 0.15) is 12.4 Å². The minimum absolute atomic E-state index is 0.0374. The van der Waals surface area contributed by atoms with Gasteiger partial charge in [-0.2, -0.15) is 0 Å². The molecule has 2 aliphatic rings. The van der Waals surface area contributed by atoms with Gasteiger partial charge >= 0.3 is 0 Å². The third-order valence-electron chi connectivity index (χ3n) is 7.05. The molecule has 1 aromatic carbocycles. The van der Waals surface area contributed by atoms with Crippen LogP contribution in [0.25, 0.3) is 11.3 Å². The summed E-state index contributed by atoms with van der Waals surface area (Å²) in [5, 5.41) is 6.10. The summed E-state index contributed by atoms with van der Waals surface area (Å²) in [4.78, 5) is 34.7. The average Bonchev–Trinajstić information content (AvgIpc) is 3.26. The Kier molecular flexibility index (Phi) is 6.56. The average molecular weight is 520 g/mol. The number of aromatic amines is 1. The van der Waals surface area contributed by atoms with E-state index in [2.05, 4.69) is 27.2 Å². The van der Waals surface area contributed by atoms with Crippen molar-refractivity contribution < 1.29 is 23.5 Å². The number of fused-ring (bicyclic) bond motifs is 1. The summed E-state index contributed by atoms with van der Waals surface area (Å²) in [5.74, 6) is -0.381. The van der Waals surface area contributed by atoms with Crippen molar-refractivity contribution in [3.63, 3.8) is 0 Å². The van der Waals surface area contributed by atoms with Crippen molar-refractivity contribution in [1.29, 1.82) is 0 Å². The highest BCUT2D eigenvalue weighted by atomic mass is 19.1. The van der Waals surface area contributed by atoms with Crippen molar-refractivity contribution in [2.75, 3.05) is 25.6 Å². The van der Waals surface area contributed by atoms with Crippen LogP contribution in [0.5, 0.6) is 11.5 Å². The number of carbonyl (C=O) groups is 2. The molecule has 3 N–H and O–H groups in total. The Balaban J connectivity index is 1.52. The van der Waals surface area contributed by atoms with Crippen molar-refractivity contribution in [2.24, 2.45) is 0 Å². The first-order chi connectivity index (χ1) is 18.2. The number of para-hydroxylation sites is 1. The number of likely N-dealkylation sites (tertiary alicyclic amines) is 1. The zero-order valence-electron chi connectivity index (χ0n) is 21.6. The molecule has 5 rings (SSSR count). The van der Waals surface area contributed by atoms with Crippen molar-refractivity contribution >= 4 is 23.2 Å². The maximum absolute atomic E-state index is 14.5. The van der Waals surface area contributed by atoms with Crippen LogP contribution in [0, 0.1) is 5.82 Å². The van der Waals surface area contributed by atoms with E-state index in [1.165, 1.54) is 19.3 Å². The number of amides is 2. The molecule has 38 heavy (non-hydrogen) atoms. The predicted octanol–water partition coefficient (Wildman–Crippen LogP) is 4.20. The number of carbonyl (C=O) groups excluding carboxylic acids is 2. The highest BCUT2D eigenvalue weighted by Gasteiger charge is 2.47. The lowest BCUT2D eigenvalue weighted by atomic mass is 9.81. The van der Waals surface area contributed by atoms with Gasteiger partial charge in [-0.25, -0.2) is 4.39 Å². The number of aromatic nitrogens is 2. The Hall–Kier alpha value is -4.34. The van der Waals surface area contributed by atoms with Gasteiger partial charge in [-0.15, -0.1) is 0 Å². The molecule has 0 unspecified atom stereocenters. The van der Waals surface area contributed by atoms with E-state index >= 15 is 0 Å². The molecule has 2 aliphatic heterocycles.